The molecule has 0 radical (unpaired) electrons. The van der Waals surface area contributed by atoms with Gasteiger partial charge in [-0.15, -0.1) is 0 Å². The third-order valence-corrected chi connectivity index (χ3v) is 7.38. The highest BCUT2D eigenvalue weighted by Gasteiger charge is 2.43. The first-order valence-corrected chi connectivity index (χ1v) is 14.2. The zero-order valence-electron chi connectivity index (χ0n) is 25.6. The number of halogens is 6. The lowest BCUT2D eigenvalue weighted by atomic mass is 10.0. The summed E-state index contributed by atoms with van der Waals surface area (Å²) in [4.78, 5) is 48.0. The van der Waals surface area contributed by atoms with Gasteiger partial charge in [-0.25, -0.2) is 45.5 Å². The minimum absolute atomic E-state index is 0.0191. The Labute approximate surface area is 265 Å². The van der Waals surface area contributed by atoms with Crippen LogP contribution in [0.4, 0.5) is 35.9 Å². The lowest BCUT2D eigenvalue weighted by Gasteiger charge is -2.32. The largest absolute Gasteiger partial charge is 0.480 e. The molecule has 2 amide bonds. The number of benzene rings is 2. The van der Waals surface area contributed by atoms with E-state index in [1.165, 1.54) is 18.1 Å². The lowest BCUT2D eigenvalue weighted by molar-refractivity contribution is -0.142. The number of carboxylic acids is 1. The minimum Gasteiger partial charge on any atom is -0.480 e. The summed E-state index contributed by atoms with van der Waals surface area (Å²) in [5, 5.41) is 18.0. The lowest BCUT2D eigenvalue weighted by Crippen LogP contribution is -2.41. The van der Waals surface area contributed by atoms with E-state index >= 15 is 0 Å². The summed E-state index contributed by atoms with van der Waals surface area (Å²) in [5.74, 6) is -9.24. The quantitative estimate of drug-likeness (QED) is 0.156. The van der Waals surface area contributed by atoms with Crippen LogP contribution in [0.2, 0.25) is 0 Å². The molecule has 10 nitrogen and oxygen atoms in total. The Morgan fingerprint density at radius 3 is 1.66 bits per heavy atom. The first-order valence-electron chi connectivity index (χ1n) is 14.2. The van der Waals surface area contributed by atoms with Crippen molar-refractivity contribution >= 4 is 24.1 Å². The van der Waals surface area contributed by atoms with E-state index in [4.69, 9.17) is 14.9 Å². The van der Waals surface area contributed by atoms with E-state index in [1.54, 1.807) is 20.8 Å². The van der Waals surface area contributed by atoms with Crippen LogP contribution in [-0.4, -0.2) is 68.9 Å². The number of aliphatic carboxylic acids is 1. The van der Waals surface area contributed by atoms with Gasteiger partial charge in [0.2, 0.25) is 0 Å². The van der Waals surface area contributed by atoms with Crippen LogP contribution < -0.4 is 0 Å². The van der Waals surface area contributed by atoms with Crippen LogP contribution in [0.1, 0.15) is 69.7 Å². The topological polar surface area (TPSA) is 134 Å². The molecular weight excluding hydrogens is 642 g/mol. The fourth-order valence-corrected chi connectivity index (χ4v) is 5.38. The number of carbonyl (C=O) groups excluding carboxylic acids is 2. The van der Waals surface area contributed by atoms with Gasteiger partial charge in [0.15, 0.2) is 23.3 Å². The van der Waals surface area contributed by atoms with Gasteiger partial charge in [0.1, 0.15) is 23.3 Å². The Morgan fingerprint density at radius 1 is 0.745 bits per heavy atom. The molecule has 16 heteroatoms. The van der Waals surface area contributed by atoms with E-state index in [9.17, 15) is 45.5 Å². The zero-order chi connectivity index (χ0) is 35.4. The summed E-state index contributed by atoms with van der Waals surface area (Å²) in [5.41, 5.74) is -1.32. The Bertz CT molecular complexity index is 1560. The highest BCUT2D eigenvalue weighted by atomic mass is 19.2. The molecule has 2 aliphatic heterocycles. The molecule has 2 aliphatic rings. The van der Waals surface area contributed by atoms with Crippen LogP contribution in [0.15, 0.2) is 36.4 Å². The summed E-state index contributed by atoms with van der Waals surface area (Å²) in [6.07, 6.45) is 0.987. The molecule has 2 fully saturated rings. The van der Waals surface area contributed by atoms with Crippen LogP contribution in [-0.2, 0) is 19.1 Å². The molecule has 2 heterocycles. The number of rotatable bonds is 5. The van der Waals surface area contributed by atoms with E-state index in [0.29, 0.717) is 29.5 Å². The minimum atomic E-state index is -1.55. The average molecular weight is 675 g/mol. The van der Waals surface area contributed by atoms with Crippen molar-refractivity contribution in [1.29, 1.82) is 0 Å². The summed E-state index contributed by atoms with van der Waals surface area (Å²) in [6, 6.07) is -1.84. The number of ether oxygens (including phenoxy) is 2. The van der Waals surface area contributed by atoms with Crippen LogP contribution >= 0.6 is 0 Å². The molecule has 0 saturated carbocycles. The molecule has 256 valence electrons. The molecule has 0 spiro atoms. The third-order valence-electron chi connectivity index (χ3n) is 7.38. The summed E-state index contributed by atoms with van der Waals surface area (Å²) in [6.45, 7) is 5.02. The number of esters is 1. The van der Waals surface area contributed by atoms with E-state index in [-0.39, 0.29) is 30.4 Å². The third kappa shape index (κ3) is 8.74. The number of likely N-dealkylation sites (tertiary alicyclic amines) is 2. The molecular formula is C31H32F6N2O8. The van der Waals surface area contributed by atoms with Crippen molar-refractivity contribution < 1.29 is 65.2 Å². The highest BCUT2D eigenvalue weighted by molar-refractivity contribution is 5.82. The maximum atomic E-state index is 14.3. The molecule has 2 N–H and O–H groups in total. The van der Waals surface area contributed by atoms with Gasteiger partial charge in [-0.05, 0) is 58.6 Å². The van der Waals surface area contributed by atoms with Gasteiger partial charge in [0, 0.05) is 29.3 Å². The first-order chi connectivity index (χ1) is 21.9. The van der Waals surface area contributed by atoms with Crippen molar-refractivity contribution in [2.24, 2.45) is 0 Å². The average Bonchev–Trinajstić information content (AvgIpc) is 3.60. The number of amides is 2. The molecule has 0 aromatic heterocycles. The number of hydrogen-bond acceptors (Lipinski definition) is 6. The van der Waals surface area contributed by atoms with Crippen LogP contribution in [0.3, 0.4) is 0 Å². The van der Waals surface area contributed by atoms with E-state index in [1.807, 2.05) is 0 Å². The summed E-state index contributed by atoms with van der Waals surface area (Å²) in [7, 11) is 1.21. The van der Waals surface area contributed by atoms with Gasteiger partial charge < -0.3 is 19.7 Å². The maximum absolute atomic E-state index is 14.3. The zero-order valence-corrected chi connectivity index (χ0v) is 25.6. The summed E-state index contributed by atoms with van der Waals surface area (Å²) >= 11 is 0. The number of nitrogens with zero attached hydrogens (tertiary/aromatic N) is 2. The number of methoxy groups -OCH3 is 1. The van der Waals surface area contributed by atoms with Crippen molar-refractivity contribution in [1.82, 2.24) is 9.80 Å². The van der Waals surface area contributed by atoms with Crippen molar-refractivity contribution in [2.75, 3.05) is 7.11 Å². The Kier molecular flexibility index (Phi) is 11.5. The molecule has 2 aromatic carbocycles. The van der Waals surface area contributed by atoms with Crippen molar-refractivity contribution in [2.45, 2.75) is 76.2 Å². The van der Waals surface area contributed by atoms with Crippen molar-refractivity contribution in [3.05, 3.63) is 82.4 Å². The molecule has 4 rings (SSSR count). The monoisotopic (exact) mass is 674 g/mol. The van der Waals surface area contributed by atoms with E-state index < -0.39 is 88.8 Å². The van der Waals surface area contributed by atoms with Gasteiger partial charge in [0.05, 0.1) is 25.2 Å². The molecule has 0 bridgehead atoms. The van der Waals surface area contributed by atoms with Crippen LogP contribution in [0.25, 0.3) is 0 Å². The Hall–Kier alpha value is -4.76. The number of carboxylic acid groups (broad SMARTS) is 2. The SMILES string of the molecule is COC(=O)/C=C/[C@H]1CC[C@@H](c2cc(F)c(F)cc2F)N1C(=O)OC(C)(C)C.O=C(O)[C@H]1CC[C@@H](c2cc(F)c(F)cc2F)N1C(=O)O. The molecule has 4 atom stereocenters. The Morgan fingerprint density at radius 2 is 1.21 bits per heavy atom. The maximum Gasteiger partial charge on any atom is 0.411 e. The fraction of sp³-hybridized carbons (Fsp3) is 0.419. The smallest absolute Gasteiger partial charge is 0.411 e. The van der Waals surface area contributed by atoms with Crippen molar-refractivity contribution in [3.8, 4) is 0 Å². The normalized spacial score (nSPS) is 21.0. The fourth-order valence-electron chi connectivity index (χ4n) is 5.38. The predicted octanol–water partition coefficient (Wildman–Crippen LogP) is 6.65. The second-order valence-corrected chi connectivity index (χ2v) is 11.6. The summed E-state index contributed by atoms with van der Waals surface area (Å²) < 4.78 is 90.8. The van der Waals surface area contributed by atoms with Gasteiger partial charge in [-0.1, -0.05) is 6.08 Å². The number of carbonyl (C=O) groups is 4. The van der Waals surface area contributed by atoms with Gasteiger partial charge in [0.25, 0.3) is 0 Å². The molecule has 0 unspecified atom stereocenters. The van der Waals surface area contributed by atoms with Gasteiger partial charge in [-0.3, -0.25) is 9.80 Å². The molecule has 0 aliphatic carbocycles. The van der Waals surface area contributed by atoms with Crippen LogP contribution in [0, 0.1) is 34.9 Å². The predicted molar refractivity (Wildman–Crippen MR) is 151 cm³/mol. The first kappa shape index (κ1) is 36.7. The van der Waals surface area contributed by atoms with Gasteiger partial charge in [-0.2, -0.15) is 0 Å². The second kappa shape index (κ2) is 14.8. The standard InChI is InChI=1S/C19H22F3NO4.C12H10F3NO4/c1-19(2,3)27-18(25)23-11(6-8-17(24)26-4)5-7-16(23)12-9-14(21)15(22)10-13(12)20;13-6-4-8(15)7(14)3-5(6)9-1-2-10(11(17)18)16(9)12(19)20/h6,8-11,16H,5,7H2,1-4H3;3-4,9-10H,1-2H2,(H,17,18)(H,19,20)/b8-6+;/t11-,16+;9-,10+/m10/s1. The van der Waals surface area contributed by atoms with E-state index in [2.05, 4.69) is 4.74 Å². The molecule has 2 aromatic rings. The Balaban J connectivity index is 0.000000267. The molecule has 47 heavy (non-hydrogen) atoms. The number of hydrogen-bond donors (Lipinski definition) is 2. The highest BCUT2D eigenvalue weighted by Crippen LogP contribution is 2.40. The second-order valence-electron chi connectivity index (χ2n) is 11.6. The van der Waals surface area contributed by atoms with E-state index in [0.717, 1.165) is 12.1 Å². The van der Waals surface area contributed by atoms with Crippen molar-refractivity contribution in [3.63, 3.8) is 0 Å². The van der Waals surface area contributed by atoms with Crippen LogP contribution in [0.5, 0.6) is 0 Å². The molecule has 2 saturated heterocycles. The van der Waals surface area contributed by atoms with Gasteiger partial charge >= 0.3 is 24.1 Å².